The van der Waals surface area contributed by atoms with Gasteiger partial charge in [0.1, 0.15) is 5.69 Å². The van der Waals surface area contributed by atoms with Crippen LogP contribution in [-0.4, -0.2) is 40.9 Å². The molecule has 2 unspecified atom stereocenters. The van der Waals surface area contributed by atoms with E-state index in [4.69, 9.17) is 9.26 Å². The predicted octanol–water partition coefficient (Wildman–Crippen LogP) is 2.38. The van der Waals surface area contributed by atoms with E-state index in [9.17, 15) is 0 Å². The molecule has 21 heavy (non-hydrogen) atoms. The van der Waals surface area contributed by atoms with Crippen LogP contribution in [0.2, 0.25) is 0 Å². The SMILES string of the molecule is CCCNC1COCC1c1nc(-c2ncccc2Br)no1. The second kappa shape index (κ2) is 6.64. The molecule has 1 saturated heterocycles. The third-order valence-corrected chi connectivity index (χ3v) is 4.11. The Morgan fingerprint density at radius 1 is 1.43 bits per heavy atom. The van der Waals surface area contributed by atoms with Crippen LogP contribution in [0.5, 0.6) is 0 Å². The summed E-state index contributed by atoms with van der Waals surface area (Å²) in [6, 6.07) is 3.98. The molecule has 1 fully saturated rings. The average molecular weight is 353 g/mol. The summed E-state index contributed by atoms with van der Waals surface area (Å²) >= 11 is 3.45. The monoisotopic (exact) mass is 352 g/mol. The van der Waals surface area contributed by atoms with Crippen molar-refractivity contribution >= 4 is 15.9 Å². The van der Waals surface area contributed by atoms with Crippen molar-refractivity contribution in [3.8, 4) is 11.5 Å². The maximum Gasteiger partial charge on any atom is 0.234 e. The van der Waals surface area contributed by atoms with Crippen molar-refractivity contribution in [3.63, 3.8) is 0 Å². The summed E-state index contributed by atoms with van der Waals surface area (Å²) in [6.45, 7) is 4.38. The first kappa shape index (κ1) is 14.6. The molecule has 1 aliphatic rings. The Labute approximate surface area is 131 Å². The summed E-state index contributed by atoms with van der Waals surface area (Å²) in [4.78, 5) is 8.77. The second-order valence-corrected chi connectivity index (χ2v) is 5.85. The maximum atomic E-state index is 5.54. The Balaban J connectivity index is 1.80. The minimum absolute atomic E-state index is 0.0975. The average Bonchev–Trinajstić information content (AvgIpc) is 3.14. The molecule has 1 N–H and O–H groups in total. The Kier molecular flexibility index (Phi) is 4.62. The third kappa shape index (κ3) is 3.14. The van der Waals surface area contributed by atoms with Gasteiger partial charge in [0.05, 0.1) is 19.1 Å². The third-order valence-electron chi connectivity index (χ3n) is 3.47. The van der Waals surface area contributed by atoms with Crippen molar-refractivity contribution in [2.45, 2.75) is 25.3 Å². The first-order chi connectivity index (χ1) is 10.3. The van der Waals surface area contributed by atoms with E-state index in [0.717, 1.165) is 17.4 Å². The van der Waals surface area contributed by atoms with E-state index in [-0.39, 0.29) is 12.0 Å². The van der Waals surface area contributed by atoms with E-state index in [1.807, 2.05) is 12.1 Å². The number of hydrogen-bond donors (Lipinski definition) is 1. The van der Waals surface area contributed by atoms with Crippen molar-refractivity contribution < 1.29 is 9.26 Å². The fourth-order valence-electron chi connectivity index (χ4n) is 2.36. The molecule has 2 atom stereocenters. The van der Waals surface area contributed by atoms with Gasteiger partial charge in [0.15, 0.2) is 0 Å². The zero-order chi connectivity index (χ0) is 14.7. The molecule has 3 rings (SSSR count). The largest absolute Gasteiger partial charge is 0.379 e. The van der Waals surface area contributed by atoms with Crippen LogP contribution in [0.25, 0.3) is 11.5 Å². The molecular weight excluding hydrogens is 336 g/mol. The molecule has 2 aromatic rings. The van der Waals surface area contributed by atoms with E-state index >= 15 is 0 Å². The zero-order valence-electron chi connectivity index (χ0n) is 11.8. The Hall–Kier alpha value is -1.31. The Morgan fingerprint density at radius 3 is 3.14 bits per heavy atom. The summed E-state index contributed by atoms with van der Waals surface area (Å²) in [5, 5.41) is 7.51. The minimum Gasteiger partial charge on any atom is -0.379 e. The standard InChI is InChI=1S/C14H17BrN4O2/c1-2-5-16-11-8-20-7-9(11)14-18-13(19-21-14)12-10(15)4-3-6-17-12/h3-4,6,9,11,16H,2,5,7-8H2,1H3. The highest BCUT2D eigenvalue weighted by Gasteiger charge is 2.33. The Bertz CT molecular complexity index is 604. The van der Waals surface area contributed by atoms with Crippen LogP contribution in [-0.2, 0) is 4.74 Å². The molecule has 2 aromatic heterocycles. The molecule has 112 valence electrons. The number of hydrogen-bond acceptors (Lipinski definition) is 6. The number of halogens is 1. The quantitative estimate of drug-likeness (QED) is 0.890. The number of ether oxygens (including phenoxy) is 1. The molecule has 0 spiro atoms. The second-order valence-electron chi connectivity index (χ2n) is 4.99. The van der Waals surface area contributed by atoms with Gasteiger partial charge >= 0.3 is 0 Å². The molecule has 6 nitrogen and oxygen atoms in total. The summed E-state index contributed by atoms with van der Waals surface area (Å²) in [5.74, 6) is 1.20. The van der Waals surface area contributed by atoms with Gasteiger partial charge in [-0.3, -0.25) is 4.98 Å². The van der Waals surface area contributed by atoms with Gasteiger partial charge in [-0.1, -0.05) is 12.1 Å². The lowest BCUT2D eigenvalue weighted by Crippen LogP contribution is -2.34. The molecule has 7 heteroatoms. The van der Waals surface area contributed by atoms with Gasteiger partial charge in [-0.2, -0.15) is 4.98 Å². The molecule has 0 radical (unpaired) electrons. The number of rotatable bonds is 5. The lowest BCUT2D eigenvalue weighted by molar-refractivity contribution is 0.184. The van der Waals surface area contributed by atoms with Crippen molar-refractivity contribution in [1.82, 2.24) is 20.4 Å². The van der Waals surface area contributed by atoms with E-state index in [2.05, 4.69) is 43.3 Å². The van der Waals surface area contributed by atoms with Crippen molar-refractivity contribution in [1.29, 1.82) is 0 Å². The normalized spacial score (nSPS) is 21.8. The summed E-state index contributed by atoms with van der Waals surface area (Å²) < 4.78 is 11.8. The van der Waals surface area contributed by atoms with E-state index < -0.39 is 0 Å². The van der Waals surface area contributed by atoms with Crippen LogP contribution >= 0.6 is 15.9 Å². The summed E-state index contributed by atoms with van der Waals surface area (Å²) in [7, 11) is 0. The molecule has 0 aromatic carbocycles. The van der Waals surface area contributed by atoms with Gasteiger partial charge in [0, 0.05) is 16.7 Å². The van der Waals surface area contributed by atoms with Gasteiger partial charge in [-0.15, -0.1) is 0 Å². The predicted molar refractivity (Wildman–Crippen MR) is 80.9 cm³/mol. The number of pyridine rings is 1. The first-order valence-corrected chi connectivity index (χ1v) is 7.84. The van der Waals surface area contributed by atoms with Crippen LogP contribution in [0.4, 0.5) is 0 Å². The van der Waals surface area contributed by atoms with Gasteiger partial charge in [-0.05, 0) is 41.0 Å². The van der Waals surface area contributed by atoms with Crippen molar-refractivity contribution in [2.75, 3.05) is 19.8 Å². The lowest BCUT2D eigenvalue weighted by atomic mass is 10.0. The lowest BCUT2D eigenvalue weighted by Gasteiger charge is -2.14. The zero-order valence-corrected chi connectivity index (χ0v) is 13.3. The van der Waals surface area contributed by atoms with Crippen molar-refractivity contribution in [2.24, 2.45) is 0 Å². The molecule has 0 saturated carbocycles. The van der Waals surface area contributed by atoms with Gasteiger partial charge in [-0.25, -0.2) is 0 Å². The van der Waals surface area contributed by atoms with Gasteiger partial charge in [0.25, 0.3) is 0 Å². The van der Waals surface area contributed by atoms with Crippen LogP contribution in [0, 0.1) is 0 Å². The molecular formula is C14H17BrN4O2. The van der Waals surface area contributed by atoms with E-state index in [1.165, 1.54) is 0 Å². The van der Waals surface area contributed by atoms with E-state index in [0.29, 0.717) is 30.6 Å². The van der Waals surface area contributed by atoms with Gasteiger partial charge < -0.3 is 14.6 Å². The highest BCUT2D eigenvalue weighted by Crippen LogP contribution is 2.28. The fourth-order valence-corrected chi connectivity index (χ4v) is 2.79. The molecule has 3 heterocycles. The van der Waals surface area contributed by atoms with Crippen LogP contribution in [0.1, 0.15) is 25.2 Å². The van der Waals surface area contributed by atoms with Crippen molar-refractivity contribution in [3.05, 3.63) is 28.7 Å². The van der Waals surface area contributed by atoms with Crippen LogP contribution < -0.4 is 5.32 Å². The topological polar surface area (TPSA) is 73.1 Å². The van der Waals surface area contributed by atoms with Crippen LogP contribution in [0.3, 0.4) is 0 Å². The molecule has 0 aliphatic carbocycles. The first-order valence-electron chi connectivity index (χ1n) is 7.05. The minimum atomic E-state index is 0.0975. The number of nitrogens with zero attached hydrogens (tertiary/aromatic N) is 3. The number of aromatic nitrogens is 3. The smallest absolute Gasteiger partial charge is 0.234 e. The highest BCUT2D eigenvalue weighted by atomic mass is 79.9. The molecule has 0 bridgehead atoms. The number of nitrogens with one attached hydrogen (secondary N) is 1. The fraction of sp³-hybridized carbons (Fsp3) is 0.500. The molecule has 0 amide bonds. The highest BCUT2D eigenvalue weighted by molar-refractivity contribution is 9.10. The van der Waals surface area contributed by atoms with Gasteiger partial charge in [0.2, 0.25) is 11.7 Å². The van der Waals surface area contributed by atoms with Crippen LogP contribution in [0.15, 0.2) is 27.3 Å². The summed E-state index contributed by atoms with van der Waals surface area (Å²) in [5.41, 5.74) is 0.685. The Morgan fingerprint density at radius 2 is 2.33 bits per heavy atom. The summed E-state index contributed by atoms with van der Waals surface area (Å²) in [6.07, 6.45) is 2.79. The van der Waals surface area contributed by atoms with E-state index in [1.54, 1.807) is 6.20 Å². The molecule has 1 aliphatic heterocycles. The maximum absolute atomic E-state index is 5.54.